The van der Waals surface area contributed by atoms with Crippen molar-refractivity contribution in [2.24, 2.45) is 5.92 Å². The third kappa shape index (κ3) is 6.15. The Morgan fingerprint density at radius 2 is 1.69 bits per heavy atom. The second kappa shape index (κ2) is 9.91. The van der Waals surface area contributed by atoms with Crippen molar-refractivity contribution in [3.63, 3.8) is 0 Å². The van der Waals surface area contributed by atoms with Gasteiger partial charge >= 0.3 is 17.9 Å². The first-order valence-corrected chi connectivity index (χ1v) is 8.36. The number of esters is 3. The van der Waals surface area contributed by atoms with Gasteiger partial charge in [0.25, 0.3) is 0 Å². The molecule has 0 saturated carbocycles. The summed E-state index contributed by atoms with van der Waals surface area (Å²) in [6.07, 6.45) is -1.41. The molecule has 1 aromatic rings. The predicted molar refractivity (Wildman–Crippen MR) is 92.9 cm³/mol. The summed E-state index contributed by atoms with van der Waals surface area (Å²) < 4.78 is 14.5. The molecule has 26 heavy (non-hydrogen) atoms. The van der Waals surface area contributed by atoms with Crippen LogP contribution in [-0.4, -0.2) is 42.8 Å². The molecule has 1 aromatic carbocycles. The van der Waals surface area contributed by atoms with E-state index < -0.39 is 36.0 Å². The molecule has 0 aliphatic heterocycles. The van der Waals surface area contributed by atoms with Crippen LogP contribution in [0.2, 0.25) is 0 Å². The maximum atomic E-state index is 12.6. The minimum Gasteiger partial charge on any atom is -0.469 e. The van der Waals surface area contributed by atoms with Crippen molar-refractivity contribution in [2.75, 3.05) is 14.2 Å². The summed E-state index contributed by atoms with van der Waals surface area (Å²) in [6, 6.07) is 8.30. The number of benzene rings is 1. The molecule has 0 aromatic heterocycles. The van der Waals surface area contributed by atoms with E-state index >= 15 is 0 Å². The van der Waals surface area contributed by atoms with Gasteiger partial charge in [-0.3, -0.25) is 4.79 Å². The molecule has 0 aliphatic rings. The lowest BCUT2D eigenvalue weighted by Crippen LogP contribution is -2.44. The van der Waals surface area contributed by atoms with Gasteiger partial charge in [0.2, 0.25) is 6.10 Å². The van der Waals surface area contributed by atoms with Gasteiger partial charge in [0.1, 0.15) is 0 Å². The number of hydrogen-bond acceptors (Lipinski definition) is 7. The smallest absolute Gasteiger partial charge is 0.351 e. The van der Waals surface area contributed by atoms with Gasteiger partial charge in [-0.15, -0.1) is 0 Å². The molecule has 0 bridgehead atoms. The standard InChI is InChI=1S/C19H26O7/c1-13(2)10-11-19(23,12-15(20)24-3)18(22)26-16(17(21)25-4)14-8-6-5-7-9-14/h5-9,13,16,23H,10-12H2,1-4H3/t16-,19+/m0/s1. The summed E-state index contributed by atoms with van der Waals surface area (Å²) in [4.78, 5) is 36.3. The zero-order chi connectivity index (χ0) is 19.7. The van der Waals surface area contributed by atoms with Crippen LogP contribution in [0.1, 0.15) is 44.8 Å². The fourth-order valence-corrected chi connectivity index (χ4v) is 2.30. The Hall–Kier alpha value is -2.41. The van der Waals surface area contributed by atoms with E-state index in [0.29, 0.717) is 12.0 Å². The van der Waals surface area contributed by atoms with E-state index in [0.717, 1.165) is 7.11 Å². The van der Waals surface area contributed by atoms with E-state index in [1.54, 1.807) is 30.3 Å². The van der Waals surface area contributed by atoms with Gasteiger partial charge in [0, 0.05) is 5.56 Å². The summed E-state index contributed by atoms with van der Waals surface area (Å²) in [6.45, 7) is 3.84. The fraction of sp³-hybridized carbons (Fsp3) is 0.526. The van der Waals surface area contributed by atoms with Crippen molar-refractivity contribution in [2.45, 2.75) is 44.8 Å². The van der Waals surface area contributed by atoms with Crippen LogP contribution in [0.3, 0.4) is 0 Å². The van der Waals surface area contributed by atoms with Crippen LogP contribution >= 0.6 is 0 Å². The maximum Gasteiger partial charge on any atom is 0.351 e. The summed E-state index contributed by atoms with van der Waals surface area (Å²) in [5.41, 5.74) is -1.68. The Kier molecular flexibility index (Phi) is 8.25. The second-order valence-electron chi connectivity index (χ2n) is 6.44. The molecule has 7 nitrogen and oxygen atoms in total. The number of hydrogen-bond donors (Lipinski definition) is 1. The van der Waals surface area contributed by atoms with Crippen molar-refractivity contribution >= 4 is 17.9 Å². The van der Waals surface area contributed by atoms with Gasteiger partial charge < -0.3 is 19.3 Å². The van der Waals surface area contributed by atoms with Crippen LogP contribution in [0.25, 0.3) is 0 Å². The van der Waals surface area contributed by atoms with E-state index in [9.17, 15) is 19.5 Å². The number of rotatable bonds is 9. The van der Waals surface area contributed by atoms with Crippen LogP contribution in [0.5, 0.6) is 0 Å². The summed E-state index contributed by atoms with van der Waals surface area (Å²) in [5.74, 6) is -2.41. The SMILES string of the molecule is COC(=O)C[C@](O)(CCC(C)C)C(=O)O[C@H](C(=O)OC)c1ccccc1. The van der Waals surface area contributed by atoms with Crippen LogP contribution < -0.4 is 0 Å². The first kappa shape index (κ1) is 21.6. The second-order valence-corrected chi connectivity index (χ2v) is 6.44. The molecule has 0 fully saturated rings. The summed E-state index contributed by atoms with van der Waals surface area (Å²) >= 11 is 0. The fourth-order valence-electron chi connectivity index (χ4n) is 2.30. The van der Waals surface area contributed by atoms with Crippen LogP contribution in [0.4, 0.5) is 0 Å². The van der Waals surface area contributed by atoms with E-state index in [-0.39, 0.29) is 12.3 Å². The monoisotopic (exact) mass is 366 g/mol. The van der Waals surface area contributed by atoms with Gasteiger partial charge in [0.05, 0.1) is 20.6 Å². The highest BCUT2D eigenvalue weighted by molar-refractivity contribution is 5.88. The molecule has 1 rings (SSSR count). The first-order valence-electron chi connectivity index (χ1n) is 8.36. The van der Waals surface area contributed by atoms with E-state index in [1.807, 2.05) is 13.8 Å². The molecule has 0 spiro atoms. The molecular weight excluding hydrogens is 340 g/mol. The molecule has 2 atom stereocenters. The molecule has 0 radical (unpaired) electrons. The van der Waals surface area contributed by atoms with Gasteiger partial charge in [-0.05, 0) is 18.8 Å². The van der Waals surface area contributed by atoms with Gasteiger partial charge in [-0.2, -0.15) is 0 Å². The lowest BCUT2D eigenvalue weighted by atomic mass is 9.90. The molecule has 0 heterocycles. The minimum absolute atomic E-state index is 0.00127. The minimum atomic E-state index is -2.08. The average Bonchev–Trinajstić information content (AvgIpc) is 2.64. The van der Waals surface area contributed by atoms with E-state index in [2.05, 4.69) is 4.74 Å². The van der Waals surface area contributed by atoms with Gasteiger partial charge in [-0.25, -0.2) is 9.59 Å². The predicted octanol–water partition coefficient (Wildman–Crippen LogP) is 2.17. The lowest BCUT2D eigenvalue weighted by molar-refractivity contribution is -0.184. The van der Waals surface area contributed by atoms with E-state index in [4.69, 9.17) is 9.47 Å². The topological polar surface area (TPSA) is 99.1 Å². The third-order valence-electron chi connectivity index (χ3n) is 3.92. The van der Waals surface area contributed by atoms with Crippen molar-refractivity contribution < 1.29 is 33.7 Å². The molecule has 0 aliphatic carbocycles. The van der Waals surface area contributed by atoms with Crippen LogP contribution in [0.15, 0.2) is 30.3 Å². The van der Waals surface area contributed by atoms with Gasteiger partial charge in [-0.1, -0.05) is 44.2 Å². The molecule has 0 unspecified atom stereocenters. The first-order chi connectivity index (χ1) is 12.2. The molecule has 1 N–H and O–H groups in total. The Morgan fingerprint density at radius 1 is 1.08 bits per heavy atom. The number of ether oxygens (including phenoxy) is 3. The Bertz CT molecular complexity index is 612. The summed E-state index contributed by atoms with van der Waals surface area (Å²) in [5, 5.41) is 10.8. The average molecular weight is 366 g/mol. The number of aliphatic hydroxyl groups is 1. The highest BCUT2D eigenvalue weighted by atomic mass is 16.6. The maximum absolute atomic E-state index is 12.6. The summed E-state index contributed by atoms with van der Waals surface area (Å²) in [7, 11) is 2.34. The largest absolute Gasteiger partial charge is 0.469 e. The molecule has 0 saturated heterocycles. The normalized spacial score (nSPS) is 14.2. The van der Waals surface area contributed by atoms with E-state index in [1.165, 1.54) is 7.11 Å². The van der Waals surface area contributed by atoms with Crippen molar-refractivity contribution in [1.29, 1.82) is 0 Å². The molecule has 7 heteroatoms. The van der Waals surface area contributed by atoms with Crippen LogP contribution in [0, 0.1) is 5.92 Å². The zero-order valence-corrected chi connectivity index (χ0v) is 15.6. The quantitative estimate of drug-likeness (QED) is 0.528. The molecule has 0 amide bonds. The molecular formula is C19H26O7. The van der Waals surface area contributed by atoms with Crippen molar-refractivity contribution in [1.82, 2.24) is 0 Å². The van der Waals surface area contributed by atoms with Gasteiger partial charge in [0.15, 0.2) is 5.60 Å². The third-order valence-corrected chi connectivity index (χ3v) is 3.92. The van der Waals surface area contributed by atoms with Crippen molar-refractivity contribution in [3.05, 3.63) is 35.9 Å². The Morgan fingerprint density at radius 3 is 2.19 bits per heavy atom. The van der Waals surface area contributed by atoms with Crippen LogP contribution in [-0.2, 0) is 28.6 Å². The lowest BCUT2D eigenvalue weighted by Gasteiger charge is -2.27. The number of methoxy groups -OCH3 is 2. The zero-order valence-electron chi connectivity index (χ0n) is 15.6. The number of carbonyl (C=O) groups is 3. The highest BCUT2D eigenvalue weighted by Gasteiger charge is 2.42. The molecule has 144 valence electrons. The Balaban J connectivity index is 3.06. The number of carbonyl (C=O) groups excluding carboxylic acids is 3. The Labute approximate surface area is 153 Å². The highest BCUT2D eigenvalue weighted by Crippen LogP contribution is 2.27. The van der Waals surface area contributed by atoms with Crippen molar-refractivity contribution in [3.8, 4) is 0 Å².